The Hall–Kier alpha value is -1.54. The lowest BCUT2D eigenvalue weighted by molar-refractivity contribution is -0.137. The van der Waals surface area contributed by atoms with E-state index < -0.39 is 11.7 Å². The van der Waals surface area contributed by atoms with E-state index in [9.17, 15) is 18.0 Å². The molecule has 1 atom stereocenters. The number of carbonyl (C=O) groups is 1. The van der Waals surface area contributed by atoms with Crippen LogP contribution in [0.2, 0.25) is 5.02 Å². The molecule has 1 amide bonds. The first-order valence-electron chi connectivity index (χ1n) is 7.99. The number of alkyl halides is 3. The minimum Gasteiger partial charge on any atom is -0.383 e. The van der Waals surface area contributed by atoms with Gasteiger partial charge in [0.2, 0.25) is 5.91 Å². The van der Waals surface area contributed by atoms with Crippen LogP contribution in [0.1, 0.15) is 25.3 Å². The van der Waals surface area contributed by atoms with Crippen LogP contribution >= 0.6 is 11.6 Å². The van der Waals surface area contributed by atoms with Crippen LogP contribution in [0, 0.1) is 5.92 Å². The number of nitrogens with zero attached hydrogens (tertiary/aromatic N) is 2. The fourth-order valence-corrected chi connectivity index (χ4v) is 3.11. The molecule has 2 rings (SSSR count). The highest BCUT2D eigenvalue weighted by Crippen LogP contribution is 2.34. The molecule has 1 saturated heterocycles. The molecule has 0 saturated carbocycles. The molecular formula is C16H21ClF3N3O2. The van der Waals surface area contributed by atoms with Crippen molar-refractivity contribution in [2.24, 2.45) is 5.92 Å². The van der Waals surface area contributed by atoms with Crippen molar-refractivity contribution in [3.63, 3.8) is 0 Å². The third-order valence-electron chi connectivity index (χ3n) is 4.12. The number of aromatic nitrogens is 1. The molecule has 0 spiro atoms. The molecule has 9 heteroatoms. The topological polar surface area (TPSA) is 54.5 Å². The van der Waals surface area contributed by atoms with Gasteiger partial charge in [-0.1, -0.05) is 11.6 Å². The largest absolute Gasteiger partial charge is 0.417 e. The van der Waals surface area contributed by atoms with Gasteiger partial charge in [-0.15, -0.1) is 0 Å². The summed E-state index contributed by atoms with van der Waals surface area (Å²) in [6.07, 6.45) is -2.51. The maximum absolute atomic E-state index is 12.7. The molecule has 1 aliphatic rings. The fraction of sp³-hybridized carbons (Fsp3) is 0.625. The normalized spacial score (nSPS) is 17.4. The molecule has 5 nitrogen and oxygen atoms in total. The number of amides is 1. The Morgan fingerprint density at radius 1 is 1.48 bits per heavy atom. The Labute approximate surface area is 149 Å². The highest BCUT2D eigenvalue weighted by molar-refractivity contribution is 6.33. The van der Waals surface area contributed by atoms with E-state index in [0.29, 0.717) is 38.4 Å². The summed E-state index contributed by atoms with van der Waals surface area (Å²) in [4.78, 5) is 17.9. The van der Waals surface area contributed by atoms with Crippen molar-refractivity contribution in [3.8, 4) is 0 Å². The van der Waals surface area contributed by atoms with Gasteiger partial charge in [0.15, 0.2) is 0 Å². The Bertz CT molecular complexity index is 605. The molecule has 0 bridgehead atoms. The van der Waals surface area contributed by atoms with Gasteiger partial charge in [-0.05, 0) is 25.8 Å². The van der Waals surface area contributed by atoms with E-state index in [1.54, 1.807) is 7.11 Å². The maximum atomic E-state index is 12.7. The monoisotopic (exact) mass is 379 g/mol. The van der Waals surface area contributed by atoms with Crippen LogP contribution in [0.3, 0.4) is 0 Å². The lowest BCUT2D eigenvalue weighted by Crippen LogP contribution is -2.44. The van der Waals surface area contributed by atoms with Crippen LogP contribution in [-0.2, 0) is 15.7 Å². The highest BCUT2D eigenvalue weighted by atomic mass is 35.5. The number of hydrogen-bond acceptors (Lipinski definition) is 4. The molecule has 1 fully saturated rings. The number of piperidine rings is 1. The van der Waals surface area contributed by atoms with Gasteiger partial charge in [0, 0.05) is 38.4 Å². The van der Waals surface area contributed by atoms with Gasteiger partial charge in [-0.2, -0.15) is 13.2 Å². The second-order valence-electron chi connectivity index (χ2n) is 6.15. The number of ether oxygens (including phenoxy) is 1. The summed E-state index contributed by atoms with van der Waals surface area (Å²) >= 11 is 5.97. The quantitative estimate of drug-likeness (QED) is 0.854. The third kappa shape index (κ3) is 5.22. The minimum absolute atomic E-state index is 0.0318. The zero-order valence-electron chi connectivity index (χ0n) is 14.1. The molecule has 1 N–H and O–H groups in total. The SMILES string of the molecule is COCC(C)NC(=O)C1CCN(c2ncc(C(F)(F)F)cc2Cl)CC1. The highest BCUT2D eigenvalue weighted by Gasteiger charge is 2.33. The number of anilines is 1. The summed E-state index contributed by atoms with van der Waals surface area (Å²) in [5.74, 6) is 0.153. The number of hydrogen-bond donors (Lipinski definition) is 1. The van der Waals surface area contributed by atoms with Gasteiger partial charge >= 0.3 is 6.18 Å². The molecule has 0 radical (unpaired) electrons. The predicted molar refractivity (Wildman–Crippen MR) is 88.7 cm³/mol. The zero-order valence-corrected chi connectivity index (χ0v) is 14.8. The predicted octanol–water partition coefficient (Wildman–Crippen LogP) is 3.12. The smallest absolute Gasteiger partial charge is 0.383 e. The van der Waals surface area contributed by atoms with E-state index in [1.807, 2.05) is 11.8 Å². The molecule has 1 aromatic rings. The molecular weight excluding hydrogens is 359 g/mol. The number of pyridine rings is 1. The number of rotatable bonds is 5. The Morgan fingerprint density at radius 3 is 2.64 bits per heavy atom. The molecule has 1 aliphatic heterocycles. The summed E-state index contributed by atoms with van der Waals surface area (Å²) in [6, 6.07) is 0.816. The van der Waals surface area contributed by atoms with Crippen LogP contribution in [0.25, 0.3) is 0 Å². The Morgan fingerprint density at radius 2 is 2.12 bits per heavy atom. The van der Waals surface area contributed by atoms with E-state index in [4.69, 9.17) is 16.3 Å². The molecule has 140 valence electrons. The van der Waals surface area contributed by atoms with Crippen LogP contribution in [-0.4, -0.2) is 43.7 Å². The number of nitrogens with one attached hydrogen (secondary N) is 1. The lowest BCUT2D eigenvalue weighted by atomic mass is 9.95. The van der Waals surface area contributed by atoms with Crippen LogP contribution in [0.15, 0.2) is 12.3 Å². The van der Waals surface area contributed by atoms with Crippen molar-refractivity contribution in [3.05, 3.63) is 22.8 Å². The summed E-state index contributed by atoms with van der Waals surface area (Å²) in [5, 5.41) is 2.86. The van der Waals surface area contributed by atoms with Gasteiger partial charge in [0.25, 0.3) is 0 Å². The summed E-state index contributed by atoms with van der Waals surface area (Å²) in [5.41, 5.74) is -0.873. The van der Waals surface area contributed by atoms with Crippen LogP contribution < -0.4 is 10.2 Å². The average molecular weight is 380 g/mol. The Kier molecular flexibility index (Phi) is 6.51. The summed E-state index contributed by atoms with van der Waals surface area (Å²) in [6.45, 7) is 3.32. The van der Waals surface area contributed by atoms with Crippen molar-refractivity contribution in [1.82, 2.24) is 10.3 Å². The molecule has 1 unspecified atom stereocenters. The van der Waals surface area contributed by atoms with E-state index >= 15 is 0 Å². The first-order chi connectivity index (χ1) is 11.7. The van der Waals surface area contributed by atoms with Crippen molar-refractivity contribution < 1.29 is 22.7 Å². The van der Waals surface area contributed by atoms with Crippen molar-refractivity contribution in [2.45, 2.75) is 32.0 Å². The molecule has 0 aliphatic carbocycles. The lowest BCUT2D eigenvalue weighted by Gasteiger charge is -2.33. The third-order valence-corrected chi connectivity index (χ3v) is 4.40. The molecule has 1 aromatic heterocycles. The van der Waals surface area contributed by atoms with Crippen molar-refractivity contribution in [1.29, 1.82) is 0 Å². The standard InChI is InChI=1S/C16H21ClF3N3O2/c1-10(9-25-2)22-15(24)11-3-5-23(6-4-11)14-13(17)7-12(8-21-14)16(18,19)20/h7-8,10-11H,3-6,9H2,1-2H3,(H,22,24). The Balaban J connectivity index is 1.95. The van der Waals surface area contributed by atoms with Gasteiger partial charge in [0.1, 0.15) is 5.82 Å². The van der Waals surface area contributed by atoms with E-state index in [1.165, 1.54) is 0 Å². The summed E-state index contributed by atoms with van der Waals surface area (Å²) in [7, 11) is 1.57. The number of carbonyl (C=O) groups excluding carboxylic acids is 1. The van der Waals surface area contributed by atoms with Gasteiger partial charge in [-0.25, -0.2) is 4.98 Å². The van der Waals surface area contributed by atoms with E-state index in [2.05, 4.69) is 10.3 Å². The van der Waals surface area contributed by atoms with Crippen LogP contribution in [0.4, 0.5) is 19.0 Å². The fourth-order valence-electron chi connectivity index (χ4n) is 2.82. The number of methoxy groups -OCH3 is 1. The summed E-state index contributed by atoms with van der Waals surface area (Å²) < 4.78 is 43.0. The average Bonchev–Trinajstić information content (AvgIpc) is 2.54. The molecule has 25 heavy (non-hydrogen) atoms. The van der Waals surface area contributed by atoms with E-state index in [-0.39, 0.29) is 22.9 Å². The van der Waals surface area contributed by atoms with Crippen molar-refractivity contribution in [2.75, 3.05) is 31.7 Å². The van der Waals surface area contributed by atoms with Gasteiger partial charge in [-0.3, -0.25) is 4.79 Å². The maximum Gasteiger partial charge on any atom is 0.417 e. The number of halogens is 4. The molecule has 2 heterocycles. The second-order valence-corrected chi connectivity index (χ2v) is 6.56. The van der Waals surface area contributed by atoms with E-state index in [0.717, 1.165) is 12.3 Å². The van der Waals surface area contributed by atoms with Crippen molar-refractivity contribution >= 4 is 23.3 Å². The molecule has 0 aromatic carbocycles. The minimum atomic E-state index is -4.47. The first kappa shape index (κ1) is 19.8. The first-order valence-corrected chi connectivity index (χ1v) is 8.37. The van der Waals surface area contributed by atoms with Gasteiger partial charge < -0.3 is 15.0 Å². The van der Waals surface area contributed by atoms with Crippen LogP contribution in [0.5, 0.6) is 0 Å². The zero-order chi connectivity index (χ0) is 18.6. The second kappa shape index (κ2) is 8.23. The van der Waals surface area contributed by atoms with Gasteiger partial charge in [0.05, 0.1) is 17.2 Å².